The third kappa shape index (κ3) is 3.27. The number of carbonyl (C=O) groups excluding carboxylic acids is 1. The molecule has 1 heterocycles. The number of amides is 1. The van der Waals surface area contributed by atoms with Crippen LogP contribution < -0.4 is 14.8 Å². The molecule has 0 aliphatic heterocycles. The number of nitrogens with one attached hydrogen (secondary N) is 1. The number of para-hydroxylation sites is 1. The molecule has 3 aromatic rings. The van der Waals surface area contributed by atoms with Crippen molar-refractivity contribution in [2.45, 2.75) is 13.8 Å². The van der Waals surface area contributed by atoms with Crippen molar-refractivity contribution < 1.29 is 14.3 Å². The van der Waals surface area contributed by atoms with Gasteiger partial charge >= 0.3 is 6.09 Å². The summed E-state index contributed by atoms with van der Waals surface area (Å²) in [6.45, 7) is 4.00. The summed E-state index contributed by atoms with van der Waals surface area (Å²) >= 11 is 0. The SMILES string of the molecule is COc1nc2cc(C)c(C)cc2nc1NC(=O)Oc1ccccc1. The lowest BCUT2D eigenvalue weighted by atomic mass is 10.1. The van der Waals surface area contributed by atoms with Gasteiger partial charge in [0.05, 0.1) is 18.1 Å². The van der Waals surface area contributed by atoms with E-state index in [9.17, 15) is 4.79 Å². The molecule has 1 amide bonds. The summed E-state index contributed by atoms with van der Waals surface area (Å²) in [5.41, 5.74) is 3.59. The molecule has 3 rings (SSSR count). The topological polar surface area (TPSA) is 73.3 Å². The number of ether oxygens (including phenoxy) is 2. The van der Waals surface area contributed by atoms with Crippen molar-refractivity contribution in [3.05, 3.63) is 53.6 Å². The molecule has 24 heavy (non-hydrogen) atoms. The minimum Gasteiger partial charge on any atom is -0.478 e. The number of rotatable bonds is 3. The maximum atomic E-state index is 12.1. The summed E-state index contributed by atoms with van der Waals surface area (Å²) in [7, 11) is 1.48. The molecule has 1 aromatic heterocycles. The zero-order chi connectivity index (χ0) is 17.1. The number of aromatic nitrogens is 2. The van der Waals surface area contributed by atoms with Crippen molar-refractivity contribution >= 4 is 22.9 Å². The highest BCUT2D eigenvalue weighted by Crippen LogP contribution is 2.25. The molecular weight excluding hydrogens is 306 g/mol. The van der Waals surface area contributed by atoms with Gasteiger partial charge in [-0.3, -0.25) is 5.32 Å². The van der Waals surface area contributed by atoms with Crippen LogP contribution in [0.15, 0.2) is 42.5 Å². The molecule has 0 bridgehead atoms. The van der Waals surface area contributed by atoms with E-state index in [-0.39, 0.29) is 11.7 Å². The van der Waals surface area contributed by atoms with Gasteiger partial charge in [0.25, 0.3) is 5.88 Å². The quantitative estimate of drug-likeness (QED) is 0.792. The monoisotopic (exact) mass is 323 g/mol. The third-order valence-electron chi connectivity index (χ3n) is 3.62. The fourth-order valence-electron chi connectivity index (χ4n) is 2.24. The first-order chi connectivity index (χ1) is 11.6. The minimum atomic E-state index is -0.656. The van der Waals surface area contributed by atoms with Crippen LogP contribution in [0.25, 0.3) is 11.0 Å². The van der Waals surface area contributed by atoms with Crippen molar-refractivity contribution in [1.29, 1.82) is 0 Å². The lowest BCUT2D eigenvalue weighted by Gasteiger charge is -2.11. The fourth-order valence-corrected chi connectivity index (χ4v) is 2.24. The molecule has 2 aromatic carbocycles. The molecule has 0 spiro atoms. The van der Waals surface area contributed by atoms with E-state index in [2.05, 4.69) is 15.3 Å². The average Bonchev–Trinajstić information content (AvgIpc) is 2.56. The van der Waals surface area contributed by atoms with E-state index in [1.807, 2.05) is 32.0 Å². The van der Waals surface area contributed by atoms with Gasteiger partial charge in [0, 0.05) is 0 Å². The highest BCUT2D eigenvalue weighted by atomic mass is 16.6. The Kier molecular flexibility index (Phi) is 4.29. The van der Waals surface area contributed by atoms with E-state index in [1.54, 1.807) is 24.3 Å². The van der Waals surface area contributed by atoms with Gasteiger partial charge in [-0.25, -0.2) is 14.8 Å². The van der Waals surface area contributed by atoms with Crippen molar-refractivity contribution in [2.75, 3.05) is 12.4 Å². The summed E-state index contributed by atoms with van der Waals surface area (Å²) in [6, 6.07) is 12.6. The molecule has 0 atom stereocenters. The number of hydrogen-bond acceptors (Lipinski definition) is 5. The second-order valence-electron chi connectivity index (χ2n) is 5.33. The molecule has 0 radical (unpaired) electrons. The van der Waals surface area contributed by atoms with E-state index < -0.39 is 6.09 Å². The molecule has 0 aliphatic carbocycles. The first-order valence-corrected chi connectivity index (χ1v) is 7.43. The van der Waals surface area contributed by atoms with Crippen LogP contribution in [-0.4, -0.2) is 23.2 Å². The lowest BCUT2D eigenvalue weighted by Crippen LogP contribution is -2.18. The fraction of sp³-hybridized carbons (Fsp3) is 0.167. The van der Waals surface area contributed by atoms with E-state index in [1.165, 1.54) is 7.11 Å². The highest BCUT2D eigenvalue weighted by molar-refractivity contribution is 5.89. The Morgan fingerprint density at radius 1 is 1.00 bits per heavy atom. The summed E-state index contributed by atoms with van der Waals surface area (Å²) in [5, 5.41) is 2.58. The molecule has 0 unspecified atom stereocenters. The molecule has 1 N–H and O–H groups in total. The molecule has 0 aliphatic rings. The first-order valence-electron chi connectivity index (χ1n) is 7.43. The number of carbonyl (C=O) groups is 1. The van der Waals surface area contributed by atoms with Crippen LogP contribution in [0.5, 0.6) is 11.6 Å². The molecule has 6 heteroatoms. The number of benzene rings is 2. The van der Waals surface area contributed by atoms with E-state index in [4.69, 9.17) is 9.47 Å². The van der Waals surface area contributed by atoms with Crippen LogP contribution in [0.3, 0.4) is 0 Å². The van der Waals surface area contributed by atoms with Gasteiger partial charge in [-0.1, -0.05) is 18.2 Å². The second kappa shape index (κ2) is 6.54. The minimum absolute atomic E-state index is 0.217. The van der Waals surface area contributed by atoms with Crippen molar-refractivity contribution in [1.82, 2.24) is 9.97 Å². The van der Waals surface area contributed by atoms with Crippen molar-refractivity contribution in [3.63, 3.8) is 0 Å². The lowest BCUT2D eigenvalue weighted by molar-refractivity contribution is 0.215. The maximum absolute atomic E-state index is 12.1. The molecule has 0 saturated heterocycles. The number of anilines is 1. The standard InChI is InChI=1S/C18H17N3O3/c1-11-9-14-15(10-12(11)2)20-17(23-3)16(19-14)21-18(22)24-13-7-5-4-6-8-13/h4-10H,1-3H3,(H,19,21,22). The predicted molar refractivity (Wildman–Crippen MR) is 91.7 cm³/mol. The Hall–Kier alpha value is -3.15. The molecule has 6 nitrogen and oxygen atoms in total. The summed E-state index contributed by atoms with van der Waals surface area (Å²) in [6.07, 6.45) is -0.656. The Morgan fingerprint density at radius 2 is 1.62 bits per heavy atom. The van der Waals surface area contributed by atoms with Gasteiger partial charge in [0.1, 0.15) is 5.75 Å². The Bertz CT molecular complexity index is 895. The number of methoxy groups -OCH3 is 1. The average molecular weight is 323 g/mol. The predicted octanol–water partition coefficient (Wildman–Crippen LogP) is 3.87. The van der Waals surface area contributed by atoms with Gasteiger partial charge in [-0.05, 0) is 49.2 Å². The van der Waals surface area contributed by atoms with Crippen LogP contribution in [0, 0.1) is 13.8 Å². The Morgan fingerprint density at radius 3 is 2.25 bits per heavy atom. The number of hydrogen-bond donors (Lipinski definition) is 1. The maximum Gasteiger partial charge on any atom is 0.418 e. The summed E-state index contributed by atoms with van der Waals surface area (Å²) in [4.78, 5) is 20.9. The Labute approximate surface area is 139 Å². The van der Waals surface area contributed by atoms with E-state index in [0.29, 0.717) is 16.8 Å². The van der Waals surface area contributed by atoms with Crippen molar-refractivity contribution in [2.24, 2.45) is 0 Å². The second-order valence-corrected chi connectivity index (χ2v) is 5.33. The normalized spacial score (nSPS) is 10.5. The largest absolute Gasteiger partial charge is 0.478 e. The molecule has 0 fully saturated rings. The Balaban J connectivity index is 1.90. The molecular formula is C18H17N3O3. The highest BCUT2D eigenvalue weighted by Gasteiger charge is 2.14. The molecule has 0 saturated carbocycles. The number of fused-ring (bicyclic) bond motifs is 1. The van der Waals surface area contributed by atoms with Crippen LogP contribution in [0.1, 0.15) is 11.1 Å². The van der Waals surface area contributed by atoms with Gasteiger partial charge in [0.15, 0.2) is 5.82 Å². The third-order valence-corrected chi connectivity index (χ3v) is 3.62. The smallest absolute Gasteiger partial charge is 0.418 e. The molecule has 122 valence electrons. The number of aryl methyl sites for hydroxylation is 2. The summed E-state index contributed by atoms with van der Waals surface area (Å²) in [5.74, 6) is 0.888. The van der Waals surface area contributed by atoms with Gasteiger partial charge < -0.3 is 9.47 Å². The van der Waals surface area contributed by atoms with E-state index >= 15 is 0 Å². The zero-order valence-corrected chi connectivity index (χ0v) is 13.7. The van der Waals surface area contributed by atoms with Crippen LogP contribution >= 0.6 is 0 Å². The summed E-state index contributed by atoms with van der Waals surface area (Å²) < 4.78 is 10.4. The van der Waals surface area contributed by atoms with Crippen molar-refractivity contribution in [3.8, 4) is 11.6 Å². The van der Waals surface area contributed by atoms with Gasteiger partial charge in [-0.2, -0.15) is 0 Å². The van der Waals surface area contributed by atoms with Gasteiger partial charge in [0.2, 0.25) is 0 Å². The van der Waals surface area contributed by atoms with E-state index in [0.717, 1.165) is 11.1 Å². The van der Waals surface area contributed by atoms with Gasteiger partial charge in [-0.15, -0.1) is 0 Å². The van der Waals surface area contributed by atoms with Crippen LogP contribution in [-0.2, 0) is 0 Å². The zero-order valence-electron chi connectivity index (χ0n) is 13.7. The van der Waals surface area contributed by atoms with Crippen LogP contribution in [0.4, 0.5) is 10.6 Å². The van der Waals surface area contributed by atoms with Crippen LogP contribution in [0.2, 0.25) is 0 Å². The first kappa shape index (κ1) is 15.7. The number of nitrogens with zero attached hydrogens (tertiary/aromatic N) is 2.